The zero-order valence-electron chi connectivity index (χ0n) is 13.4. The number of hydrogen-bond acceptors (Lipinski definition) is 5. The van der Waals surface area contributed by atoms with Crippen LogP contribution in [0, 0.1) is 0 Å². The molecule has 0 aliphatic rings. The second kappa shape index (κ2) is 7.83. The first-order chi connectivity index (χ1) is 9.94. The van der Waals surface area contributed by atoms with Gasteiger partial charge in [-0.25, -0.2) is 4.79 Å². The average molecular weight is 296 g/mol. The van der Waals surface area contributed by atoms with Crippen molar-refractivity contribution in [3.63, 3.8) is 0 Å². The Morgan fingerprint density at radius 3 is 2.43 bits per heavy atom. The van der Waals surface area contributed by atoms with E-state index in [0.717, 1.165) is 0 Å². The summed E-state index contributed by atoms with van der Waals surface area (Å²) in [5, 5.41) is 0. The highest BCUT2D eigenvalue weighted by atomic mass is 16.5. The molecule has 1 aromatic heterocycles. The van der Waals surface area contributed by atoms with Gasteiger partial charge in [-0.15, -0.1) is 0 Å². The van der Waals surface area contributed by atoms with Gasteiger partial charge in [0.05, 0.1) is 19.7 Å². The fourth-order valence-corrected chi connectivity index (χ4v) is 2.03. The predicted molar refractivity (Wildman–Crippen MR) is 79.0 cm³/mol. The molecule has 0 aliphatic heterocycles. The van der Waals surface area contributed by atoms with E-state index in [-0.39, 0.29) is 17.7 Å². The van der Waals surface area contributed by atoms with Crippen molar-refractivity contribution in [2.75, 3.05) is 33.8 Å². The molecule has 0 bridgehead atoms. The van der Waals surface area contributed by atoms with Crippen LogP contribution in [0.1, 0.15) is 43.1 Å². The van der Waals surface area contributed by atoms with Crippen LogP contribution in [-0.4, -0.2) is 55.5 Å². The Morgan fingerprint density at radius 2 is 1.90 bits per heavy atom. The summed E-state index contributed by atoms with van der Waals surface area (Å²) >= 11 is 0. The molecule has 6 heteroatoms. The first-order valence-electron chi connectivity index (χ1n) is 7.10. The van der Waals surface area contributed by atoms with E-state index in [1.165, 1.54) is 7.11 Å². The average Bonchev–Trinajstić information content (AvgIpc) is 2.96. The number of likely N-dealkylation sites (N-methyl/N-ethyl adjacent to an activating group) is 2. The summed E-state index contributed by atoms with van der Waals surface area (Å²) in [6.45, 7) is 7.54. The van der Waals surface area contributed by atoms with Crippen molar-refractivity contribution in [3.8, 4) is 0 Å². The van der Waals surface area contributed by atoms with Crippen LogP contribution in [0.5, 0.6) is 0 Å². The van der Waals surface area contributed by atoms with Gasteiger partial charge in [0.25, 0.3) is 0 Å². The van der Waals surface area contributed by atoms with Crippen molar-refractivity contribution >= 4 is 11.9 Å². The normalized spacial score (nSPS) is 12.3. The number of carbonyl (C=O) groups excluding carboxylic acids is 2. The van der Waals surface area contributed by atoms with Gasteiger partial charge < -0.3 is 14.1 Å². The second-order valence-electron chi connectivity index (χ2n) is 4.85. The lowest BCUT2D eigenvalue weighted by molar-refractivity contribution is -0.132. The van der Waals surface area contributed by atoms with Crippen molar-refractivity contribution in [2.45, 2.75) is 26.8 Å². The number of furan rings is 1. The van der Waals surface area contributed by atoms with Crippen LogP contribution >= 0.6 is 0 Å². The van der Waals surface area contributed by atoms with Crippen molar-refractivity contribution in [1.29, 1.82) is 0 Å². The third-order valence-corrected chi connectivity index (χ3v) is 3.59. The molecule has 1 unspecified atom stereocenters. The third kappa shape index (κ3) is 4.32. The second-order valence-corrected chi connectivity index (χ2v) is 4.85. The fourth-order valence-electron chi connectivity index (χ4n) is 2.03. The van der Waals surface area contributed by atoms with Crippen LogP contribution < -0.4 is 0 Å². The van der Waals surface area contributed by atoms with Gasteiger partial charge in [-0.3, -0.25) is 9.69 Å². The molecule has 0 radical (unpaired) electrons. The Kier molecular flexibility index (Phi) is 6.42. The highest BCUT2D eigenvalue weighted by Gasteiger charge is 2.21. The quantitative estimate of drug-likeness (QED) is 0.719. The van der Waals surface area contributed by atoms with Gasteiger partial charge in [0.2, 0.25) is 11.7 Å². The number of ether oxygens (including phenoxy) is 1. The largest absolute Gasteiger partial charge is 0.463 e. The Bertz CT molecular complexity index is 480. The van der Waals surface area contributed by atoms with Crippen LogP contribution in [0.4, 0.5) is 0 Å². The van der Waals surface area contributed by atoms with E-state index < -0.39 is 5.97 Å². The van der Waals surface area contributed by atoms with E-state index in [0.29, 0.717) is 25.4 Å². The summed E-state index contributed by atoms with van der Waals surface area (Å²) in [7, 11) is 3.16. The molecule has 0 saturated carbocycles. The van der Waals surface area contributed by atoms with E-state index in [2.05, 4.69) is 4.74 Å². The maximum Gasteiger partial charge on any atom is 0.373 e. The number of methoxy groups -OCH3 is 1. The predicted octanol–water partition coefficient (Wildman–Crippen LogP) is 1.93. The minimum Gasteiger partial charge on any atom is -0.463 e. The summed E-state index contributed by atoms with van der Waals surface area (Å²) in [6, 6.07) is 3.20. The maximum absolute atomic E-state index is 12.1. The molecule has 118 valence electrons. The molecule has 0 aliphatic carbocycles. The number of amides is 1. The van der Waals surface area contributed by atoms with Crippen LogP contribution in [0.2, 0.25) is 0 Å². The van der Waals surface area contributed by atoms with Gasteiger partial charge in [-0.1, -0.05) is 0 Å². The number of nitrogens with zero attached hydrogens (tertiary/aromatic N) is 2. The fraction of sp³-hybridized carbons (Fsp3) is 0.600. The van der Waals surface area contributed by atoms with Gasteiger partial charge in [-0.2, -0.15) is 0 Å². The number of carbonyl (C=O) groups is 2. The molecule has 6 nitrogen and oxygen atoms in total. The van der Waals surface area contributed by atoms with Crippen molar-refractivity contribution in [1.82, 2.24) is 9.80 Å². The topological polar surface area (TPSA) is 63.0 Å². The van der Waals surface area contributed by atoms with Crippen LogP contribution in [0.3, 0.4) is 0 Å². The highest BCUT2D eigenvalue weighted by Crippen LogP contribution is 2.21. The van der Waals surface area contributed by atoms with Gasteiger partial charge in [-0.05, 0) is 40.0 Å². The summed E-state index contributed by atoms with van der Waals surface area (Å²) in [6.07, 6.45) is 0. The molecular weight excluding hydrogens is 272 g/mol. The van der Waals surface area contributed by atoms with Gasteiger partial charge >= 0.3 is 5.97 Å². The standard InChI is InChI=1S/C15H24N2O4/c1-6-17(7-2)14(18)10-16(4)11(3)12-8-9-13(21-12)15(19)20-5/h8-9,11H,6-7,10H2,1-5H3. The third-order valence-electron chi connectivity index (χ3n) is 3.59. The number of rotatable bonds is 7. The molecule has 21 heavy (non-hydrogen) atoms. The number of esters is 1. The van der Waals surface area contributed by atoms with Crippen LogP contribution in [0.15, 0.2) is 16.5 Å². The first kappa shape index (κ1) is 17.2. The molecule has 1 rings (SSSR count). The van der Waals surface area contributed by atoms with E-state index >= 15 is 0 Å². The molecule has 0 fully saturated rings. The Balaban J connectivity index is 2.69. The van der Waals surface area contributed by atoms with Crippen LogP contribution in [0.25, 0.3) is 0 Å². The zero-order valence-corrected chi connectivity index (χ0v) is 13.4. The monoisotopic (exact) mass is 296 g/mol. The minimum absolute atomic E-state index is 0.0779. The van der Waals surface area contributed by atoms with Crippen LogP contribution in [-0.2, 0) is 9.53 Å². The van der Waals surface area contributed by atoms with Gasteiger partial charge in [0.1, 0.15) is 5.76 Å². The molecule has 1 amide bonds. The van der Waals surface area contributed by atoms with E-state index in [1.54, 1.807) is 17.0 Å². The number of hydrogen-bond donors (Lipinski definition) is 0. The summed E-state index contributed by atoms with van der Waals surface area (Å²) in [5.74, 6) is 0.373. The van der Waals surface area contributed by atoms with Gasteiger partial charge in [0, 0.05) is 13.1 Å². The van der Waals surface area contributed by atoms with Crippen molar-refractivity contribution in [2.24, 2.45) is 0 Å². The Hall–Kier alpha value is -1.82. The molecule has 0 N–H and O–H groups in total. The lowest BCUT2D eigenvalue weighted by Crippen LogP contribution is -2.39. The highest BCUT2D eigenvalue weighted by molar-refractivity contribution is 5.86. The molecule has 0 aromatic carbocycles. The SMILES string of the molecule is CCN(CC)C(=O)CN(C)C(C)c1ccc(C(=O)OC)o1. The maximum atomic E-state index is 12.1. The summed E-state index contributed by atoms with van der Waals surface area (Å²) in [5.41, 5.74) is 0. The van der Waals surface area contributed by atoms with Gasteiger partial charge in [0.15, 0.2) is 0 Å². The Morgan fingerprint density at radius 1 is 1.29 bits per heavy atom. The van der Waals surface area contributed by atoms with E-state index in [1.807, 2.05) is 32.7 Å². The molecule has 1 atom stereocenters. The summed E-state index contributed by atoms with van der Waals surface area (Å²) in [4.78, 5) is 27.1. The smallest absolute Gasteiger partial charge is 0.373 e. The lowest BCUT2D eigenvalue weighted by Gasteiger charge is -2.26. The molecule has 1 heterocycles. The lowest BCUT2D eigenvalue weighted by atomic mass is 10.2. The van der Waals surface area contributed by atoms with Crippen molar-refractivity contribution < 1.29 is 18.7 Å². The first-order valence-corrected chi connectivity index (χ1v) is 7.10. The van der Waals surface area contributed by atoms with E-state index in [9.17, 15) is 9.59 Å². The van der Waals surface area contributed by atoms with E-state index in [4.69, 9.17) is 4.42 Å². The van der Waals surface area contributed by atoms with Crippen molar-refractivity contribution in [3.05, 3.63) is 23.7 Å². The Labute approximate surface area is 125 Å². The molecule has 0 spiro atoms. The summed E-state index contributed by atoms with van der Waals surface area (Å²) < 4.78 is 10.1. The molecule has 0 saturated heterocycles. The molecule has 1 aromatic rings. The molecular formula is C15H24N2O4. The minimum atomic E-state index is -0.504. The zero-order chi connectivity index (χ0) is 16.0.